The van der Waals surface area contributed by atoms with Gasteiger partial charge in [-0.1, -0.05) is 34.5 Å². The summed E-state index contributed by atoms with van der Waals surface area (Å²) in [5.41, 5.74) is 2.25. The zero-order valence-corrected chi connectivity index (χ0v) is 12.9. The molecule has 0 radical (unpaired) electrons. The molecular formula is C16H19BrN2O. The van der Waals surface area contributed by atoms with Crippen LogP contribution in [0.3, 0.4) is 0 Å². The van der Waals surface area contributed by atoms with Crippen LogP contribution in [0.2, 0.25) is 0 Å². The van der Waals surface area contributed by atoms with E-state index in [1.54, 1.807) is 0 Å². The highest BCUT2D eigenvalue weighted by atomic mass is 79.9. The van der Waals surface area contributed by atoms with E-state index in [2.05, 4.69) is 44.4 Å². The summed E-state index contributed by atoms with van der Waals surface area (Å²) in [6.45, 7) is 1.68. The fraction of sp³-hybridized carbons (Fsp3) is 0.438. The predicted octanol–water partition coefficient (Wildman–Crippen LogP) is 3.25. The summed E-state index contributed by atoms with van der Waals surface area (Å²) in [4.78, 5) is 4.49. The summed E-state index contributed by atoms with van der Waals surface area (Å²) >= 11 is 3.57. The minimum Gasteiger partial charge on any atom is -0.393 e. The smallest absolute Gasteiger partial charge is 0.0758 e. The van der Waals surface area contributed by atoms with Crippen molar-refractivity contribution in [1.82, 2.24) is 10.3 Å². The molecule has 3 nitrogen and oxygen atoms in total. The van der Waals surface area contributed by atoms with Crippen LogP contribution in [-0.4, -0.2) is 22.7 Å². The number of nitrogens with zero attached hydrogens (tertiary/aromatic N) is 1. The van der Waals surface area contributed by atoms with Crippen molar-refractivity contribution in [1.29, 1.82) is 0 Å². The molecule has 0 aliphatic heterocycles. The Hall–Kier alpha value is -0.970. The number of aliphatic hydroxyl groups is 1. The van der Waals surface area contributed by atoms with Crippen molar-refractivity contribution < 1.29 is 5.11 Å². The molecule has 2 N–H and O–H groups in total. The van der Waals surface area contributed by atoms with Crippen molar-refractivity contribution in [3.63, 3.8) is 0 Å². The number of fused-ring (bicyclic) bond motifs is 1. The highest BCUT2D eigenvalue weighted by molar-refractivity contribution is 9.10. The number of nitrogens with one attached hydrogen (secondary N) is 1. The van der Waals surface area contributed by atoms with Crippen LogP contribution in [0.15, 0.2) is 34.9 Å². The van der Waals surface area contributed by atoms with E-state index in [-0.39, 0.29) is 6.10 Å². The average molecular weight is 335 g/mol. The van der Waals surface area contributed by atoms with Crippen LogP contribution < -0.4 is 5.32 Å². The van der Waals surface area contributed by atoms with Crippen molar-refractivity contribution in [2.75, 3.05) is 6.54 Å². The molecule has 0 spiro atoms. The summed E-state index contributed by atoms with van der Waals surface area (Å²) in [6, 6.07) is 8.22. The standard InChI is InChI=1S/C16H19BrN2O/c17-14-7-6-12(16-13(14)4-2-8-19-16)10-18-9-11-3-1-5-15(11)20/h2,4,6-8,11,15,18,20H,1,3,5,9-10H2. The maximum absolute atomic E-state index is 9.84. The number of rotatable bonds is 4. The van der Waals surface area contributed by atoms with Crippen molar-refractivity contribution in [2.45, 2.75) is 31.9 Å². The molecule has 1 aliphatic carbocycles. The molecule has 106 valence electrons. The summed E-state index contributed by atoms with van der Waals surface area (Å²) in [5, 5.41) is 14.5. The zero-order chi connectivity index (χ0) is 13.9. The molecule has 3 rings (SSSR count). The van der Waals surface area contributed by atoms with Crippen molar-refractivity contribution in [3.8, 4) is 0 Å². The van der Waals surface area contributed by atoms with Gasteiger partial charge in [0.15, 0.2) is 0 Å². The van der Waals surface area contributed by atoms with Crippen LogP contribution in [0, 0.1) is 5.92 Å². The molecule has 1 heterocycles. The van der Waals surface area contributed by atoms with Crippen molar-refractivity contribution in [3.05, 3.63) is 40.5 Å². The quantitative estimate of drug-likeness (QED) is 0.902. The van der Waals surface area contributed by atoms with E-state index < -0.39 is 0 Å². The lowest BCUT2D eigenvalue weighted by atomic mass is 10.1. The molecule has 20 heavy (non-hydrogen) atoms. The van der Waals surface area contributed by atoms with E-state index in [4.69, 9.17) is 0 Å². The predicted molar refractivity (Wildman–Crippen MR) is 84.5 cm³/mol. The molecule has 4 heteroatoms. The maximum Gasteiger partial charge on any atom is 0.0758 e. The fourth-order valence-electron chi connectivity index (χ4n) is 2.99. The third kappa shape index (κ3) is 2.87. The monoisotopic (exact) mass is 334 g/mol. The maximum atomic E-state index is 9.84. The molecule has 2 unspecified atom stereocenters. The van der Waals surface area contributed by atoms with Crippen LogP contribution in [-0.2, 0) is 6.54 Å². The average Bonchev–Trinajstić information content (AvgIpc) is 2.87. The number of hydrogen-bond donors (Lipinski definition) is 2. The van der Waals surface area contributed by atoms with Gasteiger partial charge in [-0.25, -0.2) is 0 Å². The first-order chi connectivity index (χ1) is 9.75. The molecule has 1 aromatic carbocycles. The first kappa shape index (κ1) is 14.0. The van der Waals surface area contributed by atoms with Crippen molar-refractivity contribution in [2.24, 2.45) is 5.92 Å². The van der Waals surface area contributed by atoms with Gasteiger partial charge in [-0.2, -0.15) is 0 Å². The highest BCUT2D eigenvalue weighted by Crippen LogP contribution is 2.26. The lowest BCUT2D eigenvalue weighted by Crippen LogP contribution is -2.27. The fourth-order valence-corrected chi connectivity index (χ4v) is 3.44. The van der Waals surface area contributed by atoms with Gasteiger partial charge in [-0.3, -0.25) is 4.98 Å². The molecule has 1 saturated carbocycles. The first-order valence-corrected chi connectivity index (χ1v) is 7.96. The van der Waals surface area contributed by atoms with E-state index in [1.807, 2.05) is 12.3 Å². The number of aliphatic hydroxyl groups excluding tert-OH is 1. The topological polar surface area (TPSA) is 45.1 Å². The molecule has 0 amide bonds. The van der Waals surface area contributed by atoms with Crippen LogP contribution in [0.1, 0.15) is 24.8 Å². The van der Waals surface area contributed by atoms with Crippen LogP contribution >= 0.6 is 15.9 Å². The minimum atomic E-state index is -0.123. The van der Waals surface area contributed by atoms with Gasteiger partial charge in [-0.05, 0) is 36.5 Å². The van der Waals surface area contributed by atoms with Crippen molar-refractivity contribution >= 4 is 26.8 Å². The van der Waals surface area contributed by atoms with E-state index in [1.165, 1.54) is 5.56 Å². The summed E-state index contributed by atoms with van der Waals surface area (Å²) < 4.78 is 1.08. The second-order valence-electron chi connectivity index (χ2n) is 5.50. The van der Waals surface area contributed by atoms with Crippen LogP contribution in [0.4, 0.5) is 0 Å². The number of benzene rings is 1. The normalized spacial score (nSPS) is 22.5. The number of aromatic nitrogens is 1. The van der Waals surface area contributed by atoms with Crippen LogP contribution in [0.5, 0.6) is 0 Å². The lowest BCUT2D eigenvalue weighted by molar-refractivity contribution is 0.131. The van der Waals surface area contributed by atoms with Gasteiger partial charge >= 0.3 is 0 Å². The molecule has 1 aromatic heterocycles. The summed E-state index contributed by atoms with van der Waals surface area (Å²) in [7, 11) is 0. The van der Waals surface area contributed by atoms with E-state index in [0.29, 0.717) is 5.92 Å². The van der Waals surface area contributed by atoms with Gasteiger partial charge < -0.3 is 10.4 Å². The van der Waals surface area contributed by atoms with Gasteiger partial charge in [0.2, 0.25) is 0 Å². The van der Waals surface area contributed by atoms with E-state index in [0.717, 1.165) is 47.7 Å². The Morgan fingerprint density at radius 3 is 3.00 bits per heavy atom. The molecule has 0 saturated heterocycles. The second kappa shape index (κ2) is 6.20. The summed E-state index contributed by atoms with van der Waals surface area (Å²) in [6.07, 6.45) is 4.94. The highest BCUT2D eigenvalue weighted by Gasteiger charge is 2.24. The van der Waals surface area contributed by atoms with Gasteiger partial charge in [0.1, 0.15) is 0 Å². The van der Waals surface area contributed by atoms with E-state index in [9.17, 15) is 5.11 Å². The Kier molecular flexibility index (Phi) is 4.34. The Morgan fingerprint density at radius 2 is 2.20 bits per heavy atom. The van der Waals surface area contributed by atoms with E-state index >= 15 is 0 Å². The molecule has 1 aliphatic rings. The molecule has 2 aromatic rings. The number of hydrogen-bond acceptors (Lipinski definition) is 3. The summed E-state index contributed by atoms with van der Waals surface area (Å²) in [5.74, 6) is 0.407. The molecular weight excluding hydrogens is 316 g/mol. The largest absolute Gasteiger partial charge is 0.393 e. The zero-order valence-electron chi connectivity index (χ0n) is 11.3. The third-order valence-corrected chi connectivity index (χ3v) is 4.83. The molecule has 1 fully saturated rings. The SMILES string of the molecule is OC1CCCC1CNCc1ccc(Br)c2cccnc12. The second-order valence-corrected chi connectivity index (χ2v) is 6.35. The molecule has 0 bridgehead atoms. The van der Waals surface area contributed by atoms with Crippen LogP contribution in [0.25, 0.3) is 10.9 Å². The third-order valence-electron chi connectivity index (χ3n) is 4.14. The Balaban J connectivity index is 1.70. The Morgan fingerprint density at radius 1 is 1.30 bits per heavy atom. The Labute approximate surface area is 127 Å². The first-order valence-electron chi connectivity index (χ1n) is 7.16. The van der Waals surface area contributed by atoms with Gasteiger partial charge in [0, 0.05) is 29.1 Å². The lowest BCUT2D eigenvalue weighted by Gasteiger charge is -2.15. The molecule has 2 atom stereocenters. The van der Waals surface area contributed by atoms with Gasteiger partial charge in [0.25, 0.3) is 0 Å². The Bertz CT molecular complexity index is 602. The van der Waals surface area contributed by atoms with Gasteiger partial charge in [-0.15, -0.1) is 0 Å². The van der Waals surface area contributed by atoms with Gasteiger partial charge in [0.05, 0.1) is 11.6 Å². The minimum absolute atomic E-state index is 0.123. The number of pyridine rings is 1. The number of halogens is 1.